The van der Waals surface area contributed by atoms with Gasteiger partial charge >= 0.3 is 59.7 Å². The summed E-state index contributed by atoms with van der Waals surface area (Å²) in [6.07, 6.45) is -0.167. The molecule has 0 unspecified atom stereocenters. The second-order valence-corrected chi connectivity index (χ2v) is 69.6. The van der Waals surface area contributed by atoms with Crippen molar-refractivity contribution in [2.45, 2.75) is 20.0 Å². The zero-order chi connectivity index (χ0) is 8.08. The summed E-state index contributed by atoms with van der Waals surface area (Å²) >= 11 is 13.3. The zero-order valence-electron chi connectivity index (χ0n) is 5.04. The van der Waals surface area contributed by atoms with Crippen molar-refractivity contribution in [3.05, 3.63) is 0 Å². The fraction of sp³-hybridized carbons (Fsp3) is 1.00. The molecule has 0 saturated heterocycles. The molecule has 1 nitrogen and oxygen atoms in total. The van der Waals surface area contributed by atoms with Crippen LogP contribution in [0.5, 0.6) is 0 Å². The molecular weight excluding hydrogens is 463 g/mol. The Morgan fingerprint density at radius 2 is 1.11 bits per heavy atom. The van der Waals surface area contributed by atoms with E-state index in [9.17, 15) is 0 Å². The number of hydrogen-bond acceptors (Lipinski definition) is 1. The minimum absolute atomic E-state index is 0.167. The second kappa shape index (κ2) is 7.41. The van der Waals surface area contributed by atoms with Gasteiger partial charge in [-0.3, -0.25) is 0 Å². The second-order valence-electron chi connectivity index (χ2n) is 1.52. The summed E-state index contributed by atoms with van der Waals surface area (Å²) < 4.78 is 0. The minimum atomic E-state index is -1.93. The molecule has 0 aliphatic rings. The van der Waals surface area contributed by atoms with Crippen LogP contribution < -0.4 is 0 Å². The molecule has 0 rings (SSSR count). The number of hydrogen-bond donors (Lipinski definition) is 1. The predicted molar refractivity (Wildman–Crippen MR) is 53.1 cm³/mol. The van der Waals surface area contributed by atoms with Gasteiger partial charge in [0.25, 0.3) is 0 Å². The van der Waals surface area contributed by atoms with E-state index >= 15 is 0 Å². The van der Waals surface area contributed by atoms with Gasteiger partial charge in [-0.2, -0.15) is 0 Å². The van der Waals surface area contributed by atoms with Crippen molar-refractivity contribution in [3.8, 4) is 0 Å². The van der Waals surface area contributed by atoms with Crippen molar-refractivity contribution < 1.29 is 16.0 Å². The van der Waals surface area contributed by atoms with Gasteiger partial charge in [-0.1, -0.05) is 0 Å². The van der Waals surface area contributed by atoms with Crippen molar-refractivity contribution in [2.24, 2.45) is 0 Å². The normalized spacial score (nSPS) is 10.7. The van der Waals surface area contributed by atoms with E-state index in [1.165, 1.54) is 0 Å². The molecule has 0 aromatic heterocycles. The van der Waals surface area contributed by atoms with E-state index in [1.54, 1.807) is 13.8 Å². The van der Waals surface area contributed by atoms with E-state index in [4.69, 9.17) is 5.11 Å². The Bertz CT molecular complexity index is 52.6. The molecule has 0 aliphatic carbocycles. The molecule has 58 valence electrons. The fourth-order valence-electron chi connectivity index (χ4n) is 0. The van der Waals surface area contributed by atoms with Crippen LogP contribution in [0.1, 0.15) is 13.8 Å². The maximum atomic E-state index is 8.06. The quantitative estimate of drug-likeness (QED) is 0.571. The summed E-state index contributed by atoms with van der Waals surface area (Å²) in [6, 6.07) is 0. The number of aliphatic hydroxyl groups is 1. The number of halogens is 4. The number of aliphatic hydroxyl groups excluding tert-OH is 1. The van der Waals surface area contributed by atoms with Crippen LogP contribution in [-0.2, 0) is 10.9 Å². The van der Waals surface area contributed by atoms with Gasteiger partial charge in [0.1, 0.15) is 0 Å². The monoisotopic (exact) mass is 466 g/mol. The topological polar surface area (TPSA) is 20.2 Å². The van der Waals surface area contributed by atoms with E-state index < -0.39 is 10.9 Å². The van der Waals surface area contributed by atoms with Gasteiger partial charge in [0, 0.05) is 6.10 Å². The summed E-state index contributed by atoms with van der Waals surface area (Å²) in [5.74, 6) is 0. The van der Waals surface area contributed by atoms with Gasteiger partial charge in [0.05, 0.1) is 0 Å². The molecule has 1 N–H and O–H groups in total. The summed E-state index contributed by atoms with van der Waals surface area (Å²) in [5.41, 5.74) is 0. The van der Waals surface area contributed by atoms with Crippen LogP contribution >= 0.6 is 48.9 Å². The van der Waals surface area contributed by atoms with E-state index in [2.05, 4.69) is 48.9 Å². The first kappa shape index (κ1) is 14.3. The van der Waals surface area contributed by atoms with Crippen LogP contribution in [0.25, 0.3) is 0 Å². The van der Waals surface area contributed by atoms with Crippen LogP contribution in [0, 0.1) is 0 Å². The van der Waals surface area contributed by atoms with Crippen molar-refractivity contribution in [2.75, 3.05) is 0 Å². The van der Waals surface area contributed by atoms with Crippen molar-refractivity contribution in [1.29, 1.82) is 0 Å². The van der Waals surface area contributed by atoms with E-state index in [0.717, 1.165) is 0 Å². The Balaban J connectivity index is 0. The summed E-state index contributed by atoms with van der Waals surface area (Å²) in [7, 11) is -1.93. The molecule has 0 aromatic carbocycles. The van der Waals surface area contributed by atoms with Gasteiger partial charge in [-0.25, -0.2) is 0 Å². The Labute approximate surface area is 83.2 Å². The molecule has 9 heavy (non-hydrogen) atoms. The Kier molecular flexibility index (Phi) is 11.8. The first-order valence-corrected chi connectivity index (χ1v) is 24.7. The third kappa shape index (κ3) is 108. The summed E-state index contributed by atoms with van der Waals surface area (Å²) in [6.45, 7) is 3.44. The summed E-state index contributed by atoms with van der Waals surface area (Å²) in [4.78, 5) is 0. The molecule has 0 amide bonds. The first-order chi connectivity index (χ1) is 3.73. The van der Waals surface area contributed by atoms with Crippen molar-refractivity contribution in [1.82, 2.24) is 0 Å². The predicted octanol–water partition coefficient (Wildman–Crippen LogP) is 3.77. The van der Waals surface area contributed by atoms with Crippen LogP contribution in [0.4, 0.5) is 0 Å². The van der Waals surface area contributed by atoms with Crippen LogP contribution in [0.3, 0.4) is 0 Å². The Morgan fingerprint density at radius 1 is 1.11 bits per heavy atom. The van der Waals surface area contributed by atoms with Crippen molar-refractivity contribution in [3.63, 3.8) is 0 Å². The van der Waals surface area contributed by atoms with Crippen LogP contribution in [0.15, 0.2) is 0 Å². The standard InChI is InChI=1S/C3H8O.4BrH.Zr/c1-3(2)4;;;;;/h3-4H,1-2H3;4*1H;/q;;;;;+4/p-4. The molecular formula is C3H8Br4OZr. The van der Waals surface area contributed by atoms with Gasteiger partial charge in [0.15, 0.2) is 0 Å². The fourth-order valence-corrected chi connectivity index (χ4v) is 0. The third-order valence-corrected chi connectivity index (χ3v) is 0. The molecule has 0 heterocycles. The number of rotatable bonds is 0. The molecule has 0 fully saturated rings. The van der Waals surface area contributed by atoms with E-state index in [1.807, 2.05) is 0 Å². The average Bonchev–Trinajstić information content (AvgIpc) is 1.19. The van der Waals surface area contributed by atoms with Crippen LogP contribution in [-0.4, -0.2) is 11.2 Å². The Morgan fingerprint density at radius 3 is 1.11 bits per heavy atom. The first-order valence-electron chi connectivity index (χ1n) is 2.17. The van der Waals surface area contributed by atoms with Gasteiger partial charge in [0.2, 0.25) is 0 Å². The molecule has 0 atom stereocenters. The molecule has 0 saturated carbocycles. The SMILES string of the molecule is CC(C)O.[Br][Zr]([Br])([Br])[Br]. The molecule has 0 bridgehead atoms. The van der Waals surface area contributed by atoms with Gasteiger partial charge in [-0.05, 0) is 13.8 Å². The average molecular weight is 471 g/mol. The van der Waals surface area contributed by atoms with Crippen LogP contribution in [0.2, 0.25) is 0 Å². The van der Waals surface area contributed by atoms with E-state index in [-0.39, 0.29) is 6.10 Å². The molecule has 0 spiro atoms. The maximum absolute atomic E-state index is 8.06. The molecule has 6 heteroatoms. The van der Waals surface area contributed by atoms with Gasteiger partial charge in [-0.15, -0.1) is 0 Å². The Hall–Kier alpha value is 2.76. The van der Waals surface area contributed by atoms with E-state index in [0.29, 0.717) is 0 Å². The zero-order valence-corrected chi connectivity index (χ0v) is 13.8. The summed E-state index contributed by atoms with van der Waals surface area (Å²) in [5, 5.41) is 8.06. The molecule has 0 radical (unpaired) electrons. The molecule has 0 aromatic rings. The molecule has 0 aliphatic heterocycles. The third-order valence-electron chi connectivity index (χ3n) is 0. The van der Waals surface area contributed by atoms with Gasteiger partial charge < -0.3 is 5.11 Å². The van der Waals surface area contributed by atoms with Crippen molar-refractivity contribution >= 4 is 48.9 Å².